The molecule has 2 rings (SSSR count). The van der Waals surface area contributed by atoms with E-state index in [1.165, 1.54) is 25.1 Å². The minimum atomic E-state index is -2.79. The average molecular weight is 283 g/mol. The van der Waals surface area contributed by atoms with Gasteiger partial charge in [-0.05, 0) is 24.6 Å². The molecule has 0 saturated heterocycles. The highest BCUT2D eigenvalue weighted by molar-refractivity contribution is 5.93. The molecule has 2 aromatic rings. The second kappa shape index (κ2) is 5.77. The lowest BCUT2D eigenvalue weighted by Gasteiger charge is -2.06. The first-order valence-corrected chi connectivity index (χ1v) is 5.84. The fourth-order valence-electron chi connectivity index (χ4n) is 1.78. The Hall–Kier alpha value is -2.31. The standard InChI is InChI=1S/C13H12F3N3O/c1-7-11(12(13(15)16)19-18-7)17-10(20)6-8-3-2-4-9(14)5-8/h2-5,13H,6H2,1H3,(H,17,20)(H,18,19). The van der Waals surface area contributed by atoms with Crippen LogP contribution in [0.1, 0.15) is 23.4 Å². The van der Waals surface area contributed by atoms with Crippen molar-refractivity contribution in [1.82, 2.24) is 10.2 Å². The molecule has 0 atom stereocenters. The summed E-state index contributed by atoms with van der Waals surface area (Å²) in [5.74, 6) is -0.968. The molecule has 0 saturated carbocycles. The number of hydrogen-bond acceptors (Lipinski definition) is 2. The van der Waals surface area contributed by atoms with Gasteiger partial charge in [-0.25, -0.2) is 13.2 Å². The molecule has 0 spiro atoms. The number of hydrogen-bond donors (Lipinski definition) is 2. The summed E-state index contributed by atoms with van der Waals surface area (Å²) in [5, 5.41) is 8.20. The molecule has 0 bridgehead atoms. The van der Waals surface area contributed by atoms with Crippen LogP contribution in [0.15, 0.2) is 24.3 Å². The topological polar surface area (TPSA) is 57.8 Å². The third-order valence-corrected chi connectivity index (χ3v) is 2.70. The fourth-order valence-corrected chi connectivity index (χ4v) is 1.78. The summed E-state index contributed by atoms with van der Waals surface area (Å²) >= 11 is 0. The molecule has 0 radical (unpaired) electrons. The maximum atomic E-state index is 13.0. The summed E-state index contributed by atoms with van der Waals surface area (Å²) < 4.78 is 38.4. The number of anilines is 1. The molecule has 0 fully saturated rings. The number of halogens is 3. The van der Waals surface area contributed by atoms with Crippen LogP contribution in [0.3, 0.4) is 0 Å². The van der Waals surface area contributed by atoms with Crippen molar-refractivity contribution in [3.05, 3.63) is 47.0 Å². The monoisotopic (exact) mass is 283 g/mol. The summed E-state index contributed by atoms with van der Waals surface area (Å²) in [6.45, 7) is 1.52. The van der Waals surface area contributed by atoms with Crippen LogP contribution in [0.5, 0.6) is 0 Å². The molecule has 1 aromatic carbocycles. The predicted octanol–water partition coefficient (Wildman–Crippen LogP) is 2.98. The second-order valence-electron chi connectivity index (χ2n) is 4.26. The van der Waals surface area contributed by atoms with E-state index in [0.717, 1.165) is 0 Å². The first kappa shape index (κ1) is 14.1. The van der Waals surface area contributed by atoms with Gasteiger partial charge < -0.3 is 5.32 Å². The number of carbonyl (C=O) groups excluding carboxylic acids is 1. The summed E-state index contributed by atoms with van der Waals surface area (Å²) in [6, 6.07) is 5.54. The zero-order valence-corrected chi connectivity index (χ0v) is 10.6. The normalized spacial score (nSPS) is 10.8. The van der Waals surface area contributed by atoms with E-state index in [4.69, 9.17) is 0 Å². The number of nitrogens with zero attached hydrogens (tertiary/aromatic N) is 1. The number of benzene rings is 1. The van der Waals surface area contributed by atoms with Gasteiger partial charge in [0.25, 0.3) is 6.43 Å². The molecule has 0 unspecified atom stereocenters. The van der Waals surface area contributed by atoms with Crippen LogP contribution in [-0.4, -0.2) is 16.1 Å². The number of aromatic amines is 1. The van der Waals surface area contributed by atoms with Crippen molar-refractivity contribution in [2.75, 3.05) is 5.32 Å². The van der Waals surface area contributed by atoms with Gasteiger partial charge in [0.2, 0.25) is 5.91 Å². The number of alkyl halides is 2. The number of aromatic nitrogens is 2. The SMILES string of the molecule is Cc1[nH]nc(C(F)F)c1NC(=O)Cc1cccc(F)c1. The predicted molar refractivity (Wildman–Crippen MR) is 67.0 cm³/mol. The molecule has 20 heavy (non-hydrogen) atoms. The molecule has 0 aliphatic carbocycles. The molecular weight excluding hydrogens is 271 g/mol. The summed E-state index contributed by atoms with van der Waals surface area (Å²) in [6.07, 6.45) is -2.89. The maximum Gasteiger partial charge on any atom is 0.284 e. The Labute approximate surface area is 113 Å². The Morgan fingerprint density at radius 3 is 2.85 bits per heavy atom. The number of aryl methyl sites for hydroxylation is 1. The molecule has 0 aliphatic heterocycles. The fraction of sp³-hybridized carbons (Fsp3) is 0.231. The van der Waals surface area contributed by atoms with Gasteiger partial charge in [-0.3, -0.25) is 9.89 Å². The van der Waals surface area contributed by atoms with Gasteiger partial charge in [0.15, 0.2) is 5.69 Å². The molecule has 1 amide bonds. The van der Waals surface area contributed by atoms with Crippen LogP contribution < -0.4 is 5.32 Å². The number of amides is 1. The maximum absolute atomic E-state index is 13.0. The first-order valence-electron chi connectivity index (χ1n) is 5.84. The van der Waals surface area contributed by atoms with E-state index in [0.29, 0.717) is 11.3 Å². The van der Waals surface area contributed by atoms with Gasteiger partial charge >= 0.3 is 0 Å². The van der Waals surface area contributed by atoms with Gasteiger partial charge in [0, 0.05) is 0 Å². The smallest absolute Gasteiger partial charge is 0.284 e. The zero-order valence-electron chi connectivity index (χ0n) is 10.6. The molecule has 2 N–H and O–H groups in total. The van der Waals surface area contributed by atoms with E-state index in [1.807, 2.05) is 0 Å². The Morgan fingerprint density at radius 2 is 2.20 bits per heavy atom. The molecule has 1 heterocycles. The molecule has 1 aromatic heterocycles. The van der Waals surface area contributed by atoms with Crippen molar-refractivity contribution in [3.8, 4) is 0 Å². The van der Waals surface area contributed by atoms with Crippen LogP contribution in [0, 0.1) is 12.7 Å². The number of nitrogens with one attached hydrogen (secondary N) is 2. The van der Waals surface area contributed by atoms with Gasteiger partial charge in [0.05, 0.1) is 17.8 Å². The molecule has 106 valence electrons. The third kappa shape index (κ3) is 3.17. The highest BCUT2D eigenvalue weighted by Gasteiger charge is 2.20. The van der Waals surface area contributed by atoms with Crippen LogP contribution in [0.2, 0.25) is 0 Å². The zero-order chi connectivity index (χ0) is 14.7. The van der Waals surface area contributed by atoms with Crippen LogP contribution in [0.25, 0.3) is 0 Å². The van der Waals surface area contributed by atoms with Gasteiger partial charge in [0.1, 0.15) is 5.82 Å². The average Bonchev–Trinajstić information content (AvgIpc) is 2.71. The summed E-state index contributed by atoms with van der Waals surface area (Å²) in [4.78, 5) is 11.8. The van der Waals surface area contributed by atoms with E-state index < -0.39 is 23.8 Å². The van der Waals surface area contributed by atoms with E-state index in [1.54, 1.807) is 6.07 Å². The summed E-state index contributed by atoms with van der Waals surface area (Å²) in [5.41, 5.74) is 0.270. The highest BCUT2D eigenvalue weighted by atomic mass is 19.3. The van der Waals surface area contributed by atoms with Gasteiger partial charge in [-0.1, -0.05) is 12.1 Å². The van der Waals surface area contributed by atoms with E-state index in [2.05, 4.69) is 15.5 Å². The Balaban J connectivity index is 2.10. The van der Waals surface area contributed by atoms with Crippen LogP contribution in [-0.2, 0) is 11.2 Å². The van der Waals surface area contributed by atoms with Crippen molar-refractivity contribution in [1.29, 1.82) is 0 Å². The van der Waals surface area contributed by atoms with Gasteiger partial charge in [-0.15, -0.1) is 0 Å². The number of carbonyl (C=O) groups is 1. The molecular formula is C13H12F3N3O. The Bertz CT molecular complexity index is 625. The summed E-state index contributed by atoms with van der Waals surface area (Å²) in [7, 11) is 0. The molecule has 7 heteroatoms. The lowest BCUT2D eigenvalue weighted by molar-refractivity contribution is -0.115. The van der Waals surface area contributed by atoms with Gasteiger partial charge in [-0.2, -0.15) is 5.10 Å². The van der Waals surface area contributed by atoms with E-state index >= 15 is 0 Å². The largest absolute Gasteiger partial charge is 0.323 e. The van der Waals surface area contributed by atoms with E-state index in [9.17, 15) is 18.0 Å². The molecule has 0 aliphatic rings. The lowest BCUT2D eigenvalue weighted by atomic mass is 10.1. The van der Waals surface area contributed by atoms with Crippen molar-refractivity contribution in [3.63, 3.8) is 0 Å². The lowest BCUT2D eigenvalue weighted by Crippen LogP contribution is -2.16. The number of H-pyrrole nitrogens is 1. The molecule has 4 nitrogen and oxygen atoms in total. The number of rotatable bonds is 4. The van der Waals surface area contributed by atoms with Crippen molar-refractivity contribution in [2.24, 2.45) is 0 Å². The first-order chi connectivity index (χ1) is 9.47. The van der Waals surface area contributed by atoms with Crippen molar-refractivity contribution >= 4 is 11.6 Å². The minimum absolute atomic E-state index is 0.0265. The third-order valence-electron chi connectivity index (χ3n) is 2.70. The van der Waals surface area contributed by atoms with Crippen LogP contribution >= 0.6 is 0 Å². The quantitative estimate of drug-likeness (QED) is 0.906. The Kier molecular flexibility index (Phi) is 4.07. The minimum Gasteiger partial charge on any atom is -0.323 e. The van der Waals surface area contributed by atoms with Crippen molar-refractivity contribution < 1.29 is 18.0 Å². The Morgan fingerprint density at radius 1 is 1.45 bits per heavy atom. The van der Waals surface area contributed by atoms with Crippen LogP contribution in [0.4, 0.5) is 18.9 Å². The second-order valence-corrected chi connectivity index (χ2v) is 4.26. The van der Waals surface area contributed by atoms with E-state index in [-0.39, 0.29) is 12.1 Å². The highest BCUT2D eigenvalue weighted by Crippen LogP contribution is 2.27. The van der Waals surface area contributed by atoms with Crippen molar-refractivity contribution in [2.45, 2.75) is 19.8 Å².